The molecule has 2 heterocycles. The van der Waals surface area contributed by atoms with E-state index in [1.807, 2.05) is 0 Å². The number of aliphatic imine (C=N–C) groups is 1. The summed E-state index contributed by atoms with van der Waals surface area (Å²) in [7, 11) is 1.57. The summed E-state index contributed by atoms with van der Waals surface area (Å²) in [6.07, 6.45) is 3.27. The second-order valence-electron chi connectivity index (χ2n) is 7.66. The third-order valence-corrected chi connectivity index (χ3v) is 5.53. The molecule has 2 aromatic carbocycles. The summed E-state index contributed by atoms with van der Waals surface area (Å²) in [5, 5.41) is 9.47. The molecule has 0 unspecified atom stereocenters. The second-order valence-corrected chi connectivity index (χ2v) is 7.66. The van der Waals surface area contributed by atoms with Gasteiger partial charge in [0.25, 0.3) is 5.91 Å². The molecule has 0 saturated carbocycles. The average molecular weight is 451 g/mol. The number of halogens is 2. The molecule has 0 spiro atoms. The minimum atomic E-state index is -0.794. The van der Waals surface area contributed by atoms with Gasteiger partial charge in [-0.3, -0.25) is 14.8 Å². The van der Waals surface area contributed by atoms with Gasteiger partial charge in [-0.25, -0.2) is 8.78 Å². The van der Waals surface area contributed by atoms with E-state index in [9.17, 15) is 14.3 Å². The minimum Gasteiger partial charge on any atom is -0.490 e. The SMILES string of the molecule is CCOc1c(-c2cccc(F)c2)ccc(C(=O)N(C)Cc2cnc(CO)c3c2CN=C3)c1F. The molecule has 1 aliphatic heterocycles. The number of aliphatic hydroxyl groups excluding tert-OH is 1. The zero-order valence-electron chi connectivity index (χ0n) is 18.3. The van der Waals surface area contributed by atoms with Gasteiger partial charge in [0.2, 0.25) is 0 Å². The van der Waals surface area contributed by atoms with Crippen LogP contribution >= 0.6 is 0 Å². The van der Waals surface area contributed by atoms with Crippen LogP contribution in [0.3, 0.4) is 0 Å². The van der Waals surface area contributed by atoms with E-state index in [1.165, 1.54) is 29.2 Å². The molecule has 0 radical (unpaired) electrons. The number of carbonyl (C=O) groups excluding carboxylic acids is 1. The van der Waals surface area contributed by atoms with Crippen molar-refractivity contribution in [2.75, 3.05) is 13.7 Å². The number of hydrogen-bond acceptors (Lipinski definition) is 5. The molecule has 0 saturated heterocycles. The molecular formula is C25H23F2N3O3. The molecular weight excluding hydrogens is 428 g/mol. The van der Waals surface area contributed by atoms with Crippen molar-refractivity contribution in [2.45, 2.75) is 26.6 Å². The van der Waals surface area contributed by atoms with E-state index in [0.29, 0.717) is 23.4 Å². The predicted octanol–water partition coefficient (Wildman–Crippen LogP) is 4.12. The highest BCUT2D eigenvalue weighted by atomic mass is 19.1. The fourth-order valence-corrected chi connectivity index (χ4v) is 3.90. The van der Waals surface area contributed by atoms with Gasteiger partial charge in [-0.1, -0.05) is 12.1 Å². The van der Waals surface area contributed by atoms with Crippen molar-refractivity contribution in [2.24, 2.45) is 4.99 Å². The smallest absolute Gasteiger partial charge is 0.257 e. The van der Waals surface area contributed by atoms with Crippen molar-refractivity contribution in [3.63, 3.8) is 0 Å². The first-order valence-corrected chi connectivity index (χ1v) is 10.5. The van der Waals surface area contributed by atoms with E-state index in [-0.39, 0.29) is 31.1 Å². The first-order valence-electron chi connectivity index (χ1n) is 10.5. The molecule has 1 aromatic heterocycles. The second kappa shape index (κ2) is 9.46. The number of nitrogens with zero attached hydrogens (tertiary/aromatic N) is 3. The molecule has 1 N–H and O–H groups in total. The Hall–Kier alpha value is -3.65. The molecule has 0 aliphatic carbocycles. The summed E-state index contributed by atoms with van der Waals surface area (Å²) in [5.74, 6) is -1.87. The fourth-order valence-electron chi connectivity index (χ4n) is 3.90. The van der Waals surface area contributed by atoms with Crippen molar-refractivity contribution < 1.29 is 23.4 Å². The molecule has 170 valence electrons. The summed E-state index contributed by atoms with van der Waals surface area (Å²) in [6, 6.07) is 8.72. The van der Waals surface area contributed by atoms with E-state index in [1.54, 1.807) is 38.5 Å². The number of aromatic nitrogens is 1. The Kier molecular flexibility index (Phi) is 6.46. The van der Waals surface area contributed by atoms with Gasteiger partial charge in [0, 0.05) is 37.1 Å². The standard InChI is InChI=1S/C25H23F2N3O3/c1-3-33-24-18(15-5-4-6-17(26)9-15)7-8-19(23(24)27)25(32)30(2)13-16-10-29-22(14-31)21-12-28-11-20(16)21/h4-10,12,31H,3,11,13-14H2,1-2H3. The number of aliphatic hydroxyl groups is 1. The van der Waals surface area contributed by atoms with E-state index in [4.69, 9.17) is 4.74 Å². The van der Waals surface area contributed by atoms with Crippen LogP contribution in [0.2, 0.25) is 0 Å². The number of rotatable bonds is 7. The zero-order chi connectivity index (χ0) is 23.5. The minimum absolute atomic E-state index is 0.0920. The lowest BCUT2D eigenvalue weighted by molar-refractivity contribution is 0.0779. The van der Waals surface area contributed by atoms with E-state index in [0.717, 1.165) is 16.7 Å². The topological polar surface area (TPSA) is 75.0 Å². The molecule has 8 heteroatoms. The van der Waals surface area contributed by atoms with Crippen molar-refractivity contribution in [1.82, 2.24) is 9.88 Å². The summed E-state index contributed by atoms with van der Waals surface area (Å²) >= 11 is 0. The van der Waals surface area contributed by atoms with Gasteiger partial charge < -0.3 is 14.7 Å². The Morgan fingerprint density at radius 3 is 2.79 bits per heavy atom. The lowest BCUT2D eigenvalue weighted by atomic mass is 10.0. The van der Waals surface area contributed by atoms with Crippen LogP contribution < -0.4 is 4.74 Å². The normalized spacial score (nSPS) is 12.0. The van der Waals surface area contributed by atoms with Gasteiger partial charge in [-0.15, -0.1) is 0 Å². The number of benzene rings is 2. The lowest BCUT2D eigenvalue weighted by Crippen LogP contribution is -2.28. The van der Waals surface area contributed by atoms with Crippen molar-refractivity contribution in [3.05, 3.63) is 82.2 Å². The number of carbonyl (C=O) groups is 1. The molecule has 33 heavy (non-hydrogen) atoms. The maximum absolute atomic E-state index is 15.4. The first kappa shape index (κ1) is 22.5. The lowest BCUT2D eigenvalue weighted by Gasteiger charge is -2.21. The van der Waals surface area contributed by atoms with Crippen LogP contribution in [0.15, 0.2) is 47.6 Å². The van der Waals surface area contributed by atoms with Gasteiger partial charge in [-0.2, -0.15) is 0 Å². The molecule has 4 rings (SSSR count). The average Bonchev–Trinajstić information content (AvgIpc) is 3.31. The highest BCUT2D eigenvalue weighted by Crippen LogP contribution is 2.35. The summed E-state index contributed by atoms with van der Waals surface area (Å²) in [6.45, 7) is 2.32. The Morgan fingerprint density at radius 1 is 1.24 bits per heavy atom. The summed E-state index contributed by atoms with van der Waals surface area (Å²) in [5.41, 5.74) is 3.64. The zero-order valence-corrected chi connectivity index (χ0v) is 18.3. The van der Waals surface area contributed by atoms with E-state index in [2.05, 4.69) is 9.98 Å². The van der Waals surface area contributed by atoms with E-state index >= 15 is 4.39 Å². The van der Waals surface area contributed by atoms with Gasteiger partial charge in [-0.05, 0) is 47.9 Å². The molecule has 0 fully saturated rings. The maximum Gasteiger partial charge on any atom is 0.257 e. The van der Waals surface area contributed by atoms with Gasteiger partial charge in [0.05, 0.1) is 31.0 Å². The van der Waals surface area contributed by atoms with Crippen molar-refractivity contribution in [1.29, 1.82) is 0 Å². The first-order chi connectivity index (χ1) is 15.9. The van der Waals surface area contributed by atoms with Crippen LogP contribution in [0.25, 0.3) is 11.1 Å². The third kappa shape index (κ3) is 4.34. The number of pyridine rings is 1. The third-order valence-electron chi connectivity index (χ3n) is 5.53. The van der Waals surface area contributed by atoms with Crippen LogP contribution in [-0.4, -0.2) is 40.8 Å². The largest absolute Gasteiger partial charge is 0.490 e. The molecule has 6 nitrogen and oxygen atoms in total. The summed E-state index contributed by atoms with van der Waals surface area (Å²) < 4.78 is 34.7. The van der Waals surface area contributed by atoms with Gasteiger partial charge in [0.1, 0.15) is 5.82 Å². The molecule has 0 atom stereocenters. The number of ether oxygens (including phenoxy) is 1. The molecule has 1 aliphatic rings. The quantitative estimate of drug-likeness (QED) is 0.586. The van der Waals surface area contributed by atoms with Crippen LogP contribution in [0.5, 0.6) is 5.75 Å². The highest BCUT2D eigenvalue weighted by molar-refractivity contribution is 5.96. The number of hydrogen-bond donors (Lipinski definition) is 1. The van der Waals surface area contributed by atoms with E-state index < -0.39 is 17.5 Å². The maximum atomic E-state index is 15.4. The van der Waals surface area contributed by atoms with Gasteiger partial charge >= 0.3 is 0 Å². The van der Waals surface area contributed by atoms with Crippen LogP contribution in [0.1, 0.15) is 39.7 Å². The predicted molar refractivity (Wildman–Crippen MR) is 120 cm³/mol. The highest BCUT2D eigenvalue weighted by Gasteiger charge is 2.24. The number of amides is 1. The number of fused-ring (bicyclic) bond motifs is 1. The Bertz CT molecular complexity index is 1240. The molecule has 3 aromatic rings. The monoisotopic (exact) mass is 451 g/mol. The van der Waals surface area contributed by atoms with Crippen LogP contribution in [-0.2, 0) is 19.7 Å². The Labute approximate surface area is 190 Å². The molecule has 0 bridgehead atoms. The summed E-state index contributed by atoms with van der Waals surface area (Å²) in [4.78, 5) is 23.0. The Balaban J connectivity index is 1.65. The van der Waals surface area contributed by atoms with Crippen LogP contribution in [0, 0.1) is 11.6 Å². The van der Waals surface area contributed by atoms with Crippen molar-refractivity contribution >= 4 is 12.1 Å². The Morgan fingerprint density at radius 2 is 2.06 bits per heavy atom. The molecule has 1 amide bonds. The van der Waals surface area contributed by atoms with Gasteiger partial charge in [0.15, 0.2) is 11.6 Å². The van der Waals surface area contributed by atoms with Crippen molar-refractivity contribution in [3.8, 4) is 16.9 Å². The fraction of sp³-hybridized carbons (Fsp3) is 0.240. The van der Waals surface area contributed by atoms with Crippen LogP contribution in [0.4, 0.5) is 8.78 Å².